The summed E-state index contributed by atoms with van der Waals surface area (Å²) in [6.45, 7) is 3.89. The minimum absolute atomic E-state index is 0.400. The van der Waals surface area contributed by atoms with E-state index < -0.39 is 0 Å². The summed E-state index contributed by atoms with van der Waals surface area (Å²) >= 11 is 11.9. The van der Waals surface area contributed by atoms with Crippen LogP contribution in [0.15, 0.2) is 18.2 Å². The van der Waals surface area contributed by atoms with E-state index in [1.54, 1.807) is 0 Å². The Morgan fingerprint density at radius 1 is 1.17 bits per heavy atom. The third-order valence-electron chi connectivity index (χ3n) is 4.99. The topological polar surface area (TPSA) is 30.5 Å². The summed E-state index contributed by atoms with van der Waals surface area (Å²) in [6.07, 6.45) is 2.86. The molecule has 0 radical (unpaired) electrons. The van der Waals surface area contributed by atoms with Gasteiger partial charge in [0.25, 0.3) is 0 Å². The van der Waals surface area contributed by atoms with Gasteiger partial charge >= 0.3 is 0 Å². The first-order valence-corrected chi connectivity index (χ1v) is 9.52. The molecule has 128 valence electrons. The smallest absolute Gasteiger partial charge is 0.102 e. The zero-order valence-corrected chi connectivity index (χ0v) is 15.2. The van der Waals surface area contributed by atoms with E-state index in [0.29, 0.717) is 23.8 Å². The van der Waals surface area contributed by atoms with Gasteiger partial charge in [-0.2, -0.15) is 0 Å². The first kappa shape index (κ1) is 17.0. The van der Waals surface area contributed by atoms with Gasteiger partial charge in [0.1, 0.15) is 6.17 Å². The van der Waals surface area contributed by atoms with E-state index in [0.717, 1.165) is 26.2 Å². The van der Waals surface area contributed by atoms with Crippen molar-refractivity contribution in [3.63, 3.8) is 0 Å². The zero-order chi connectivity index (χ0) is 16.2. The number of benzene rings is 1. The lowest BCUT2D eigenvalue weighted by atomic mass is 9.94. The number of nitrogens with one attached hydrogen (secondary N) is 2. The van der Waals surface area contributed by atoms with Gasteiger partial charge in [0, 0.05) is 43.5 Å². The summed E-state index contributed by atoms with van der Waals surface area (Å²) in [7, 11) is 2.19. The van der Waals surface area contributed by atoms with Gasteiger partial charge in [-0.25, -0.2) is 0 Å². The van der Waals surface area contributed by atoms with E-state index >= 15 is 0 Å². The van der Waals surface area contributed by atoms with Crippen LogP contribution in [0.1, 0.15) is 12.8 Å². The van der Waals surface area contributed by atoms with E-state index in [-0.39, 0.29) is 0 Å². The molecular formula is C17H26Cl2N4. The Morgan fingerprint density at radius 2 is 1.87 bits per heavy atom. The van der Waals surface area contributed by atoms with Crippen LogP contribution in [0, 0.1) is 5.92 Å². The maximum atomic E-state index is 5.93. The lowest BCUT2D eigenvalue weighted by Crippen LogP contribution is -2.44. The monoisotopic (exact) mass is 356 g/mol. The third kappa shape index (κ3) is 3.65. The number of alkyl halides is 2. The van der Waals surface area contributed by atoms with Gasteiger partial charge in [0.15, 0.2) is 0 Å². The summed E-state index contributed by atoms with van der Waals surface area (Å²) in [5.41, 5.74) is 3.70. The molecule has 3 rings (SSSR count). The quantitative estimate of drug-likeness (QED) is 0.766. The number of piperidine rings is 1. The molecule has 1 saturated heterocycles. The van der Waals surface area contributed by atoms with Crippen molar-refractivity contribution >= 4 is 40.3 Å². The predicted molar refractivity (Wildman–Crippen MR) is 102 cm³/mol. The molecule has 0 saturated carbocycles. The van der Waals surface area contributed by atoms with Crippen molar-refractivity contribution in [2.45, 2.75) is 19.0 Å². The largest absolute Gasteiger partial charge is 0.369 e. The van der Waals surface area contributed by atoms with Gasteiger partial charge < -0.3 is 20.4 Å². The number of rotatable bonds is 6. The molecule has 0 spiro atoms. The molecule has 2 heterocycles. The number of nitrogens with zero attached hydrogens (tertiary/aromatic N) is 2. The van der Waals surface area contributed by atoms with Crippen molar-refractivity contribution in [3.05, 3.63) is 18.2 Å². The van der Waals surface area contributed by atoms with Crippen molar-refractivity contribution in [3.8, 4) is 0 Å². The van der Waals surface area contributed by atoms with E-state index in [2.05, 4.69) is 45.7 Å². The zero-order valence-electron chi connectivity index (χ0n) is 13.7. The third-order valence-corrected chi connectivity index (χ3v) is 5.32. The van der Waals surface area contributed by atoms with Crippen molar-refractivity contribution < 1.29 is 0 Å². The fraction of sp³-hybridized carbons (Fsp3) is 0.647. The Kier molecular flexibility index (Phi) is 5.78. The molecule has 4 nitrogen and oxygen atoms in total. The second kappa shape index (κ2) is 7.82. The highest BCUT2D eigenvalue weighted by Crippen LogP contribution is 2.39. The molecule has 0 bridgehead atoms. The number of hydrogen-bond donors (Lipinski definition) is 2. The average molecular weight is 357 g/mol. The maximum absolute atomic E-state index is 5.93. The molecular weight excluding hydrogens is 331 g/mol. The minimum Gasteiger partial charge on any atom is -0.369 e. The molecule has 0 aliphatic carbocycles. The van der Waals surface area contributed by atoms with Crippen molar-refractivity contribution in [2.24, 2.45) is 5.92 Å². The van der Waals surface area contributed by atoms with Crippen LogP contribution >= 0.6 is 23.2 Å². The summed E-state index contributed by atoms with van der Waals surface area (Å²) in [4.78, 5) is 4.64. The SMILES string of the molecule is CN1c2ccc(N(CCCl)CCCl)cc2NC1C1CCNCC1. The van der Waals surface area contributed by atoms with E-state index in [1.165, 1.54) is 29.9 Å². The standard InChI is InChI=1S/C17H26Cl2N4/c1-22-16-3-2-14(23(10-6-18)11-7-19)12-15(16)21-17(22)13-4-8-20-9-5-13/h2-3,12-13,17,20-21H,4-11H2,1H3. The Bertz CT molecular complexity index is 513. The van der Waals surface area contributed by atoms with Crippen molar-refractivity contribution in [1.29, 1.82) is 0 Å². The molecule has 1 aromatic rings. The van der Waals surface area contributed by atoms with Gasteiger partial charge in [-0.05, 0) is 44.1 Å². The molecule has 1 fully saturated rings. The van der Waals surface area contributed by atoms with Gasteiger partial charge in [-0.1, -0.05) is 0 Å². The molecule has 0 aromatic heterocycles. The Labute approximate surface area is 149 Å². The van der Waals surface area contributed by atoms with Crippen LogP contribution in [-0.2, 0) is 0 Å². The van der Waals surface area contributed by atoms with Crippen LogP contribution in [0.5, 0.6) is 0 Å². The second-order valence-electron chi connectivity index (χ2n) is 6.35. The average Bonchev–Trinajstić information content (AvgIpc) is 2.92. The Morgan fingerprint density at radius 3 is 2.52 bits per heavy atom. The van der Waals surface area contributed by atoms with Gasteiger partial charge in [0.2, 0.25) is 0 Å². The predicted octanol–water partition coefficient (Wildman–Crippen LogP) is 3.16. The normalized spacial score (nSPS) is 21.2. The summed E-state index contributed by atoms with van der Waals surface area (Å²) in [5, 5.41) is 7.19. The van der Waals surface area contributed by atoms with Crippen LogP contribution < -0.4 is 20.4 Å². The maximum Gasteiger partial charge on any atom is 0.102 e. The highest BCUT2D eigenvalue weighted by molar-refractivity contribution is 6.18. The molecule has 1 unspecified atom stereocenters. The highest BCUT2D eigenvalue weighted by Gasteiger charge is 2.33. The van der Waals surface area contributed by atoms with Crippen LogP contribution in [0.25, 0.3) is 0 Å². The number of fused-ring (bicyclic) bond motifs is 1. The molecule has 2 N–H and O–H groups in total. The number of hydrogen-bond acceptors (Lipinski definition) is 4. The minimum atomic E-state index is 0.400. The molecule has 1 atom stereocenters. The first-order chi connectivity index (χ1) is 11.2. The van der Waals surface area contributed by atoms with Crippen LogP contribution in [-0.4, -0.2) is 51.2 Å². The molecule has 2 aliphatic heterocycles. The molecule has 23 heavy (non-hydrogen) atoms. The first-order valence-electron chi connectivity index (χ1n) is 8.45. The van der Waals surface area contributed by atoms with Gasteiger partial charge in [-0.15, -0.1) is 23.2 Å². The van der Waals surface area contributed by atoms with E-state index in [9.17, 15) is 0 Å². The fourth-order valence-corrected chi connectivity index (χ4v) is 4.13. The highest BCUT2D eigenvalue weighted by atomic mass is 35.5. The summed E-state index contributed by atoms with van der Waals surface area (Å²) in [5.74, 6) is 1.91. The molecule has 1 aromatic carbocycles. The van der Waals surface area contributed by atoms with E-state index in [1.807, 2.05) is 0 Å². The molecule has 0 amide bonds. The number of anilines is 3. The number of halogens is 2. The Balaban J connectivity index is 1.77. The van der Waals surface area contributed by atoms with Gasteiger partial charge in [-0.3, -0.25) is 0 Å². The van der Waals surface area contributed by atoms with Crippen LogP contribution in [0.2, 0.25) is 0 Å². The fourth-order valence-electron chi connectivity index (χ4n) is 3.72. The van der Waals surface area contributed by atoms with Crippen molar-refractivity contribution in [1.82, 2.24) is 5.32 Å². The summed E-state index contributed by atoms with van der Waals surface area (Å²) < 4.78 is 0. The molecule has 6 heteroatoms. The summed E-state index contributed by atoms with van der Waals surface area (Å²) in [6, 6.07) is 6.64. The lowest BCUT2D eigenvalue weighted by Gasteiger charge is -2.33. The lowest BCUT2D eigenvalue weighted by molar-refractivity contribution is 0.334. The van der Waals surface area contributed by atoms with Crippen molar-refractivity contribution in [2.75, 3.05) is 60.1 Å². The second-order valence-corrected chi connectivity index (χ2v) is 7.11. The van der Waals surface area contributed by atoms with Crippen LogP contribution in [0.3, 0.4) is 0 Å². The van der Waals surface area contributed by atoms with Crippen LogP contribution in [0.4, 0.5) is 17.1 Å². The van der Waals surface area contributed by atoms with Gasteiger partial charge in [0.05, 0.1) is 11.4 Å². The Hall–Kier alpha value is -0.840. The molecule has 2 aliphatic rings. The van der Waals surface area contributed by atoms with E-state index in [4.69, 9.17) is 23.2 Å².